The van der Waals surface area contributed by atoms with E-state index in [4.69, 9.17) is 5.53 Å². The van der Waals surface area contributed by atoms with Gasteiger partial charge in [-0.05, 0) is 24.1 Å². The van der Waals surface area contributed by atoms with Gasteiger partial charge in [-0.3, -0.25) is 9.78 Å². The Morgan fingerprint density at radius 3 is 2.93 bits per heavy atom. The SMILES string of the molecule is [N-]=[N+]=NCCCNC(=O)c1ccncc1. The Bertz CT molecular complexity index is 358. The maximum absolute atomic E-state index is 11.4. The second-order valence-corrected chi connectivity index (χ2v) is 2.80. The van der Waals surface area contributed by atoms with Crippen LogP contribution in [0.15, 0.2) is 29.6 Å². The first-order valence-corrected chi connectivity index (χ1v) is 4.53. The predicted octanol–water partition coefficient (Wildman–Crippen LogP) is 1.51. The molecule has 1 amide bonds. The molecule has 0 unspecified atom stereocenters. The molecule has 0 spiro atoms. The fourth-order valence-electron chi connectivity index (χ4n) is 1.00. The van der Waals surface area contributed by atoms with Gasteiger partial charge in [0.25, 0.3) is 5.91 Å². The second-order valence-electron chi connectivity index (χ2n) is 2.80. The maximum Gasteiger partial charge on any atom is 0.251 e. The van der Waals surface area contributed by atoms with Gasteiger partial charge in [0.05, 0.1) is 0 Å². The highest BCUT2D eigenvalue weighted by Gasteiger charge is 2.02. The maximum atomic E-state index is 11.4. The zero-order valence-electron chi connectivity index (χ0n) is 8.13. The van der Waals surface area contributed by atoms with Crippen LogP contribution in [0.4, 0.5) is 0 Å². The van der Waals surface area contributed by atoms with Gasteiger partial charge >= 0.3 is 0 Å². The number of aromatic nitrogens is 1. The summed E-state index contributed by atoms with van der Waals surface area (Å²) >= 11 is 0. The first-order chi connectivity index (χ1) is 7.34. The molecule has 78 valence electrons. The molecule has 1 N–H and O–H groups in total. The highest BCUT2D eigenvalue weighted by atomic mass is 16.1. The van der Waals surface area contributed by atoms with Gasteiger partial charge in [-0.15, -0.1) is 0 Å². The zero-order valence-corrected chi connectivity index (χ0v) is 8.13. The smallest absolute Gasteiger partial charge is 0.251 e. The lowest BCUT2D eigenvalue weighted by Gasteiger charge is -2.02. The molecule has 6 heteroatoms. The molecule has 1 aromatic heterocycles. The first-order valence-electron chi connectivity index (χ1n) is 4.53. The first kappa shape index (κ1) is 11.0. The van der Waals surface area contributed by atoms with E-state index in [0.29, 0.717) is 25.1 Å². The lowest BCUT2D eigenvalue weighted by Crippen LogP contribution is -2.24. The summed E-state index contributed by atoms with van der Waals surface area (Å²) in [6, 6.07) is 3.28. The molecule has 0 aliphatic heterocycles. The summed E-state index contributed by atoms with van der Waals surface area (Å²) in [7, 11) is 0. The highest BCUT2D eigenvalue weighted by Crippen LogP contribution is 1.95. The Morgan fingerprint density at radius 2 is 2.27 bits per heavy atom. The lowest BCUT2D eigenvalue weighted by molar-refractivity contribution is 0.0953. The molecule has 0 radical (unpaired) electrons. The van der Waals surface area contributed by atoms with E-state index in [1.54, 1.807) is 24.5 Å². The minimum absolute atomic E-state index is 0.140. The van der Waals surface area contributed by atoms with E-state index in [9.17, 15) is 4.79 Å². The number of nitrogens with one attached hydrogen (secondary N) is 1. The number of amides is 1. The van der Waals surface area contributed by atoms with Crippen molar-refractivity contribution in [3.05, 3.63) is 40.5 Å². The molecule has 0 atom stereocenters. The molecular weight excluding hydrogens is 194 g/mol. The monoisotopic (exact) mass is 205 g/mol. The van der Waals surface area contributed by atoms with Crippen molar-refractivity contribution in [3.8, 4) is 0 Å². The van der Waals surface area contributed by atoms with E-state index in [-0.39, 0.29) is 5.91 Å². The van der Waals surface area contributed by atoms with E-state index < -0.39 is 0 Å². The fourth-order valence-corrected chi connectivity index (χ4v) is 1.00. The van der Waals surface area contributed by atoms with Crippen molar-refractivity contribution in [2.75, 3.05) is 13.1 Å². The summed E-state index contributed by atoms with van der Waals surface area (Å²) in [6.07, 6.45) is 3.77. The number of azide groups is 1. The Morgan fingerprint density at radius 1 is 1.53 bits per heavy atom. The molecule has 0 saturated carbocycles. The summed E-state index contributed by atoms with van der Waals surface area (Å²) in [6.45, 7) is 0.896. The number of carbonyl (C=O) groups is 1. The van der Waals surface area contributed by atoms with Crippen molar-refractivity contribution >= 4 is 5.91 Å². The van der Waals surface area contributed by atoms with E-state index in [2.05, 4.69) is 20.3 Å². The number of rotatable bonds is 5. The van der Waals surface area contributed by atoms with Crippen molar-refractivity contribution in [2.24, 2.45) is 5.11 Å². The van der Waals surface area contributed by atoms with Gasteiger partial charge in [0, 0.05) is 36.0 Å². The minimum atomic E-state index is -0.140. The molecule has 0 fully saturated rings. The van der Waals surface area contributed by atoms with Gasteiger partial charge in [-0.25, -0.2) is 0 Å². The number of hydrogen-bond acceptors (Lipinski definition) is 3. The Hall–Kier alpha value is -2.07. The lowest BCUT2D eigenvalue weighted by atomic mass is 10.2. The molecular formula is C9H11N5O. The fraction of sp³-hybridized carbons (Fsp3) is 0.333. The highest BCUT2D eigenvalue weighted by molar-refractivity contribution is 5.93. The molecule has 0 aliphatic rings. The number of pyridine rings is 1. The van der Waals surface area contributed by atoms with Crippen molar-refractivity contribution in [1.29, 1.82) is 0 Å². The molecule has 0 aliphatic carbocycles. The molecule has 0 aromatic carbocycles. The molecule has 15 heavy (non-hydrogen) atoms. The number of hydrogen-bond donors (Lipinski definition) is 1. The van der Waals surface area contributed by atoms with Crippen LogP contribution in [0.5, 0.6) is 0 Å². The predicted molar refractivity (Wildman–Crippen MR) is 55.2 cm³/mol. The molecule has 1 heterocycles. The topological polar surface area (TPSA) is 90.8 Å². The summed E-state index contributed by atoms with van der Waals surface area (Å²) < 4.78 is 0. The van der Waals surface area contributed by atoms with Crippen LogP contribution in [-0.2, 0) is 0 Å². The Kier molecular flexibility index (Phi) is 4.69. The molecule has 6 nitrogen and oxygen atoms in total. The minimum Gasteiger partial charge on any atom is -0.352 e. The quantitative estimate of drug-likeness (QED) is 0.341. The van der Waals surface area contributed by atoms with Gasteiger partial charge < -0.3 is 5.32 Å². The van der Waals surface area contributed by atoms with Gasteiger partial charge in [0.1, 0.15) is 0 Å². The van der Waals surface area contributed by atoms with E-state index in [0.717, 1.165) is 0 Å². The van der Waals surface area contributed by atoms with E-state index in [1.807, 2.05) is 0 Å². The number of nitrogens with zero attached hydrogens (tertiary/aromatic N) is 4. The summed E-state index contributed by atoms with van der Waals surface area (Å²) in [4.78, 5) is 17.9. The van der Waals surface area contributed by atoms with E-state index in [1.165, 1.54) is 0 Å². The van der Waals surface area contributed by atoms with Crippen LogP contribution >= 0.6 is 0 Å². The second kappa shape index (κ2) is 6.39. The van der Waals surface area contributed by atoms with Crippen LogP contribution in [0, 0.1) is 0 Å². The van der Waals surface area contributed by atoms with Gasteiger partial charge in [0.2, 0.25) is 0 Å². The normalized spacial score (nSPS) is 9.07. The largest absolute Gasteiger partial charge is 0.352 e. The van der Waals surface area contributed by atoms with Crippen LogP contribution in [0.25, 0.3) is 10.4 Å². The standard InChI is InChI=1S/C9H11N5O/c10-14-13-5-1-4-12-9(15)8-2-6-11-7-3-8/h2-3,6-7H,1,4-5H2,(H,12,15). The Labute approximate surface area is 87.0 Å². The van der Waals surface area contributed by atoms with Gasteiger partial charge in [0.15, 0.2) is 0 Å². The average molecular weight is 205 g/mol. The third kappa shape index (κ3) is 4.10. The molecule has 1 rings (SSSR count). The summed E-state index contributed by atoms with van der Waals surface area (Å²) in [5.74, 6) is -0.140. The van der Waals surface area contributed by atoms with Crippen LogP contribution < -0.4 is 5.32 Å². The van der Waals surface area contributed by atoms with Gasteiger partial charge in [-0.2, -0.15) is 0 Å². The van der Waals surface area contributed by atoms with Crippen molar-refractivity contribution < 1.29 is 4.79 Å². The molecule has 1 aromatic rings. The zero-order chi connectivity index (χ0) is 10.9. The molecule has 0 bridgehead atoms. The van der Waals surface area contributed by atoms with Crippen molar-refractivity contribution in [2.45, 2.75) is 6.42 Å². The van der Waals surface area contributed by atoms with Gasteiger partial charge in [-0.1, -0.05) is 5.11 Å². The third-order valence-corrected chi connectivity index (χ3v) is 1.73. The Balaban J connectivity index is 2.28. The van der Waals surface area contributed by atoms with Crippen LogP contribution in [-0.4, -0.2) is 24.0 Å². The van der Waals surface area contributed by atoms with Crippen LogP contribution in [0.3, 0.4) is 0 Å². The van der Waals surface area contributed by atoms with Crippen molar-refractivity contribution in [3.63, 3.8) is 0 Å². The molecule has 0 saturated heterocycles. The average Bonchev–Trinajstić information content (AvgIpc) is 2.30. The summed E-state index contributed by atoms with van der Waals surface area (Å²) in [5, 5.41) is 6.07. The van der Waals surface area contributed by atoms with E-state index >= 15 is 0 Å². The van der Waals surface area contributed by atoms with Crippen LogP contribution in [0.2, 0.25) is 0 Å². The van der Waals surface area contributed by atoms with Crippen molar-refractivity contribution in [1.82, 2.24) is 10.3 Å². The third-order valence-electron chi connectivity index (χ3n) is 1.73. The number of carbonyl (C=O) groups excluding carboxylic acids is 1. The van der Waals surface area contributed by atoms with Crippen LogP contribution in [0.1, 0.15) is 16.8 Å². The summed E-state index contributed by atoms with van der Waals surface area (Å²) in [5.41, 5.74) is 8.59.